The summed E-state index contributed by atoms with van der Waals surface area (Å²) >= 11 is 0. The lowest BCUT2D eigenvalue weighted by atomic mass is 9.81. The molecule has 1 saturated heterocycles. The van der Waals surface area contributed by atoms with Crippen LogP contribution in [-0.4, -0.2) is 36.8 Å². The number of nitrogens with zero attached hydrogens (tertiary/aromatic N) is 1. The van der Waals surface area contributed by atoms with E-state index in [9.17, 15) is 14.0 Å². The number of hydrogen-bond acceptors (Lipinski definition) is 5. The highest BCUT2D eigenvalue weighted by molar-refractivity contribution is 5.68. The van der Waals surface area contributed by atoms with Gasteiger partial charge in [0.15, 0.2) is 0 Å². The Morgan fingerprint density at radius 3 is 2.03 bits per heavy atom. The molecule has 4 rings (SSSR count). The van der Waals surface area contributed by atoms with Crippen LogP contribution in [0, 0.1) is 11.7 Å². The Labute approximate surface area is 204 Å². The van der Waals surface area contributed by atoms with E-state index in [0.29, 0.717) is 19.5 Å². The minimum absolute atomic E-state index is 0.00398. The lowest BCUT2D eigenvalue weighted by Gasteiger charge is -2.38. The minimum atomic E-state index is -0.768. The molecule has 2 atom stereocenters. The van der Waals surface area contributed by atoms with Crippen molar-refractivity contribution in [2.24, 2.45) is 5.92 Å². The van der Waals surface area contributed by atoms with E-state index in [1.54, 1.807) is 17.0 Å². The smallest absolute Gasteiger partial charge is 0.445 e. The number of hydrogen-bond donors (Lipinski definition) is 0. The second kappa shape index (κ2) is 12.0. The Morgan fingerprint density at radius 2 is 1.40 bits per heavy atom. The average molecular weight is 478 g/mol. The standard InChI is InChI=1S/C28H28FNO5/c29-25-13-11-23(12-14-25)26-15-16-30(27(31)33-18-21-7-3-1-4-8-21)17-24(26)20-35-28(32)34-19-22-9-5-2-6-10-22/h1-14,24,26H,15-20H2/t24-,26-/m1/s1. The SMILES string of the molecule is O=C(OCc1ccccc1)OC[C@H]1CN(C(=O)OCc2ccccc2)CC[C@@H]1c1ccc(F)cc1. The maximum Gasteiger partial charge on any atom is 0.508 e. The first-order chi connectivity index (χ1) is 17.1. The first-order valence-electron chi connectivity index (χ1n) is 11.6. The summed E-state index contributed by atoms with van der Waals surface area (Å²) < 4.78 is 29.6. The summed E-state index contributed by atoms with van der Waals surface area (Å²) in [6.45, 7) is 1.21. The van der Waals surface area contributed by atoms with Crippen molar-refractivity contribution >= 4 is 12.2 Å². The fraction of sp³-hybridized carbons (Fsp3) is 0.286. The topological polar surface area (TPSA) is 65.1 Å². The maximum atomic E-state index is 13.5. The molecule has 0 aromatic heterocycles. The van der Waals surface area contributed by atoms with Gasteiger partial charge in [-0.15, -0.1) is 0 Å². The van der Waals surface area contributed by atoms with Crippen molar-refractivity contribution in [1.29, 1.82) is 0 Å². The highest BCUT2D eigenvalue weighted by atomic mass is 19.1. The van der Waals surface area contributed by atoms with Crippen molar-refractivity contribution in [3.63, 3.8) is 0 Å². The lowest BCUT2D eigenvalue weighted by Crippen LogP contribution is -2.45. The van der Waals surface area contributed by atoms with E-state index in [1.807, 2.05) is 60.7 Å². The second-order valence-corrected chi connectivity index (χ2v) is 8.53. The molecule has 1 aliphatic heterocycles. The van der Waals surface area contributed by atoms with Gasteiger partial charge in [0.2, 0.25) is 0 Å². The molecular formula is C28H28FNO5. The minimum Gasteiger partial charge on any atom is -0.445 e. The van der Waals surface area contributed by atoms with Crippen LogP contribution in [0.15, 0.2) is 84.9 Å². The zero-order valence-electron chi connectivity index (χ0n) is 19.3. The van der Waals surface area contributed by atoms with E-state index in [-0.39, 0.29) is 37.5 Å². The van der Waals surface area contributed by atoms with Gasteiger partial charge in [-0.3, -0.25) is 0 Å². The van der Waals surface area contributed by atoms with Crippen molar-refractivity contribution in [2.45, 2.75) is 25.6 Å². The van der Waals surface area contributed by atoms with Crippen LogP contribution in [-0.2, 0) is 27.4 Å². The molecule has 1 amide bonds. The number of ether oxygens (including phenoxy) is 3. The molecule has 7 heteroatoms. The van der Waals surface area contributed by atoms with Crippen molar-refractivity contribution in [3.8, 4) is 0 Å². The van der Waals surface area contributed by atoms with Gasteiger partial charge < -0.3 is 19.1 Å². The highest BCUT2D eigenvalue weighted by Crippen LogP contribution is 2.34. The Kier molecular flexibility index (Phi) is 8.33. The summed E-state index contributed by atoms with van der Waals surface area (Å²) in [6.07, 6.45) is -0.544. The van der Waals surface area contributed by atoms with Crippen LogP contribution in [0.1, 0.15) is 29.0 Å². The van der Waals surface area contributed by atoms with Gasteiger partial charge in [-0.2, -0.15) is 0 Å². The molecule has 3 aromatic carbocycles. The van der Waals surface area contributed by atoms with E-state index in [2.05, 4.69) is 0 Å². The summed E-state index contributed by atoms with van der Waals surface area (Å²) in [4.78, 5) is 26.6. The van der Waals surface area contributed by atoms with Crippen LogP contribution < -0.4 is 0 Å². The van der Waals surface area contributed by atoms with Crippen molar-refractivity contribution in [2.75, 3.05) is 19.7 Å². The maximum absolute atomic E-state index is 13.5. The molecule has 0 bridgehead atoms. The lowest BCUT2D eigenvalue weighted by molar-refractivity contribution is 0.0201. The molecule has 1 heterocycles. The third kappa shape index (κ3) is 7.06. The Bertz CT molecular complexity index is 1090. The monoisotopic (exact) mass is 477 g/mol. The molecule has 6 nitrogen and oxygen atoms in total. The predicted molar refractivity (Wildman–Crippen MR) is 128 cm³/mol. The molecule has 0 spiro atoms. The van der Waals surface area contributed by atoms with Crippen molar-refractivity contribution in [3.05, 3.63) is 107 Å². The molecule has 35 heavy (non-hydrogen) atoms. The number of benzene rings is 3. The number of likely N-dealkylation sites (tertiary alicyclic amines) is 1. The van der Waals surface area contributed by atoms with Gasteiger partial charge in [-0.25, -0.2) is 14.0 Å². The third-order valence-corrected chi connectivity index (χ3v) is 6.11. The molecule has 0 unspecified atom stereocenters. The zero-order valence-corrected chi connectivity index (χ0v) is 19.3. The fourth-order valence-electron chi connectivity index (χ4n) is 4.26. The van der Waals surface area contributed by atoms with Crippen LogP contribution in [0.25, 0.3) is 0 Å². The van der Waals surface area contributed by atoms with Crippen LogP contribution >= 0.6 is 0 Å². The number of carbonyl (C=O) groups excluding carboxylic acids is 2. The summed E-state index contributed by atoms with van der Waals surface area (Å²) in [5.41, 5.74) is 2.71. The molecule has 0 radical (unpaired) electrons. The summed E-state index contributed by atoms with van der Waals surface area (Å²) in [5.74, 6) is -0.508. The normalized spacial score (nSPS) is 17.5. The summed E-state index contributed by atoms with van der Waals surface area (Å²) in [7, 11) is 0. The fourth-order valence-corrected chi connectivity index (χ4v) is 4.26. The first-order valence-corrected chi connectivity index (χ1v) is 11.6. The van der Waals surface area contributed by atoms with Crippen LogP contribution in [0.3, 0.4) is 0 Å². The molecule has 0 N–H and O–H groups in total. The number of halogens is 1. The van der Waals surface area contributed by atoms with E-state index in [4.69, 9.17) is 14.2 Å². The Morgan fingerprint density at radius 1 is 0.800 bits per heavy atom. The molecule has 1 aliphatic rings. The molecule has 1 fully saturated rings. The van der Waals surface area contributed by atoms with E-state index in [0.717, 1.165) is 16.7 Å². The van der Waals surface area contributed by atoms with Gasteiger partial charge in [-0.1, -0.05) is 72.8 Å². The number of piperidine rings is 1. The van der Waals surface area contributed by atoms with Gasteiger partial charge in [0.1, 0.15) is 25.6 Å². The highest BCUT2D eigenvalue weighted by Gasteiger charge is 2.34. The van der Waals surface area contributed by atoms with Gasteiger partial charge in [0.25, 0.3) is 0 Å². The zero-order chi connectivity index (χ0) is 24.5. The molecule has 0 aliphatic carbocycles. The Balaban J connectivity index is 1.36. The van der Waals surface area contributed by atoms with Gasteiger partial charge >= 0.3 is 12.2 Å². The molecular weight excluding hydrogens is 449 g/mol. The average Bonchev–Trinajstić information content (AvgIpc) is 2.91. The quantitative estimate of drug-likeness (QED) is 0.395. The van der Waals surface area contributed by atoms with E-state index >= 15 is 0 Å². The first kappa shape index (κ1) is 24.3. The molecule has 182 valence electrons. The third-order valence-electron chi connectivity index (χ3n) is 6.11. The predicted octanol–water partition coefficient (Wildman–Crippen LogP) is 5.92. The van der Waals surface area contributed by atoms with Gasteiger partial charge in [0.05, 0.1) is 0 Å². The number of amides is 1. The largest absolute Gasteiger partial charge is 0.508 e. The number of carbonyl (C=O) groups is 2. The van der Waals surface area contributed by atoms with Crippen molar-refractivity contribution in [1.82, 2.24) is 4.90 Å². The van der Waals surface area contributed by atoms with Gasteiger partial charge in [0, 0.05) is 19.0 Å². The molecule has 0 saturated carbocycles. The summed E-state index contributed by atoms with van der Waals surface area (Å²) in [5, 5.41) is 0. The van der Waals surface area contributed by atoms with Crippen LogP contribution in [0.4, 0.5) is 14.0 Å². The van der Waals surface area contributed by atoms with E-state index < -0.39 is 12.2 Å². The van der Waals surface area contributed by atoms with Crippen molar-refractivity contribution < 1.29 is 28.2 Å². The Hall–Kier alpha value is -3.87. The van der Waals surface area contributed by atoms with Crippen LogP contribution in [0.2, 0.25) is 0 Å². The molecule has 3 aromatic rings. The second-order valence-electron chi connectivity index (χ2n) is 8.53. The van der Waals surface area contributed by atoms with Crippen LogP contribution in [0.5, 0.6) is 0 Å². The number of rotatable bonds is 7. The summed E-state index contributed by atoms with van der Waals surface area (Å²) in [6, 6.07) is 25.1. The van der Waals surface area contributed by atoms with E-state index in [1.165, 1.54) is 12.1 Å². The van der Waals surface area contributed by atoms with Gasteiger partial charge in [-0.05, 0) is 41.2 Å².